The maximum Gasteiger partial charge on any atom is 0.157 e. The van der Waals surface area contributed by atoms with Gasteiger partial charge >= 0.3 is 0 Å². The molecule has 0 aromatic rings. The molecule has 3 heteroatoms. The molecule has 1 aliphatic rings. The van der Waals surface area contributed by atoms with Crippen LogP contribution in [0.25, 0.3) is 0 Å². The summed E-state index contributed by atoms with van der Waals surface area (Å²) in [5.41, 5.74) is 0. The molecule has 1 atom stereocenters. The van der Waals surface area contributed by atoms with E-state index in [-0.39, 0.29) is 0 Å². The van der Waals surface area contributed by atoms with Crippen molar-refractivity contribution in [3.8, 4) is 0 Å². The molecule has 1 aliphatic heterocycles. The number of nitrogens with one attached hydrogen (secondary N) is 1. The number of hydrogen-bond donors (Lipinski definition) is 1. The van der Waals surface area contributed by atoms with Crippen molar-refractivity contribution in [1.82, 2.24) is 5.32 Å². The third-order valence-electron chi connectivity index (χ3n) is 2.76. The van der Waals surface area contributed by atoms with Crippen molar-refractivity contribution < 1.29 is 0 Å². The average molecular weight is 214 g/mol. The molecule has 0 fully saturated rings. The van der Waals surface area contributed by atoms with Crippen molar-refractivity contribution in [2.45, 2.75) is 52.6 Å². The quantitative estimate of drug-likeness (QED) is 0.778. The Bertz CT molecular complexity index is 197. The normalized spacial score (nSPS) is 21.9. The number of amidine groups is 1. The van der Waals surface area contributed by atoms with Crippen LogP contribution in [0.3, 0.4) is 0 Å². The first-order chi connectivity index (χ1) is 6.67. The van der Waals surface area contributed by atoms with E-state index in [2.05, 4.69) is 33.0 Å². The Hall–Kier alpha value is -0.180. The van der Waals surface area contributed by atoms with E-state index in [4.69, 9.17) is 4.99 Å². The van der Waals surface area contributed by atoms with Crippen molar-refractivity contribution in [3.63, 3.8) is 0 Å². The van der Waals surface area contributed by atoms with Crippen LogP contribution in [0.2, 0.25) is 0 Å². The first-order valence-corrected chi connectivity index (χ1v) is 6.63. The van der Waals surface area contributed by atoms with Crippen LogP contribution in [0.5, 0.6) is 0 Å². The SMILES string of the molecule is CCC(CC)NC1=NC(C(C)C)CS1. The first kappa shape index (κ1) is 11.9. The lowest BCUT2D eigenvalue weighted by molar-refractivity contribution is 0.536. The van der Waals surface area contributed by atoms with Crippen LogP contribution in [-0.2, 0) is 0 Å². The van der Waals surface area contributed by atoms with Gasteiger partial charge in [-0.1, -0.05) is 39.5 Å². The molecule has 0 aromatic carbocycles. The predicted molar refractivity (Wildman–Crippen MR) is 66.0 cm³/mol. The van der Waals surface area contributed by atoms with Crippen LogP contribution < -0.4 is 5.32 Å². The van der Waals surface area contributed by atoms with Gasteiger partial charge in [-0.2, -0.15) is 0 Å². The number of hydrogen-bond acceptors (Lipinski definition) is 3. The minimum atomic E-state index is 0.525. The molecule has 1 unspecified atom stereocenters. The number of aliphatic imine (C=N–C) groups is 1. The fourth-order valence-electron chi connectivity index (χ4n) is 1.48. The maximum absolute atomic E-state index is 4.69. The van der Waals surface area contributed by atoms with Crippen molar-refractivity contribution in [3.05, 3.63) is 0 Å². The van der Waals surface area contributed by atoms with Crippen LogP contribution in [-0.4, -0.2) is 23.0 Å². The zero-order chi connectivity index (χ0) is 10.6. The van der Waals surface area contributed by atoms with Crippen molar-refractivity contribution in [1.29, 1.82) is 0 Å². The largest absolute Gasteiger partial charge is 0.362 e. The van der Waals surface area contributed by atoms with Gasteiger partial charge in [0.2, 0.25) is 0 Å². The summed E-state index contributed by atoms with van der Waals surface area (Å²) in [5, 5.41) is 4.68. The van der Waals surface area contributed by atoms with E-state index >= 15 is 0 Å². The van der Waals surface area contributed by atoms with Crippen LogP contribution in [0.1, 0.15) is 40.5 Å². The maximum atomic E-state index is 4.69. The minimum Gasteiger partial charge on any atom is -0.362 e. The molecular formula is C11H22N2S. The van der Waals surface area contributed by atoms with E-state index in [1.54, 1.807) is 0 Å². The first-order valence-electron chi connectivity index (χ1n) is 5.64. The average Bonchev–Trinajstić information content (AvgIpc) is 2.62. The van der Waals surface area contributed by atoms with E-state index in [1.807, 2.05) is 11.8 Å². The molecule has 14 heavy (non-hydrogen) atoms. The van der Waals surface area contributed by atoms with Gasteiger partial charge in [-0.3, -0.25) is 4.99 Å². The van der Waals surface area contributed by atoms with Crippen molar-refractivity contribution in [2.75, 3.05) is 5.75 Å². The Morgan fingerprint density at radius 1 is 1.43 bits per heavy atom. The molecule has 0 aromatic heterocycles. The Morgan fingerprint density at radius 3 is 2.50 bits per heavy atom. The zero-order valence-corrected chi connectivity index (χ0v) is 10.5. The summed E-state index contributed by atoms with van der Waals surface area (Å²) >= 11 is 1.88. The summed E-state index contributed by atoms with van der Waals surface area (Å²) in [6.07, 6.45) is 2.37. The van der Waals surface area contributed by atoms with E-state index in [1.165, 1.54) is 12.8 Å². The van der Waals surface area contributed by atoms with Gasteiger partial charge in [0, 0.05) is 11.8 Å². The summed E-state index contributed by atoms with van der Waals surface area (Å²) in [4.78, 5) is 4.69. The lowest BCUT2D eigenvalue weighted by atomic mass is 10.1. The van der Waals surface area contributed by atoms with Gasteiger partial charge in [0.05, 0.1) is 6.04 Å². The van der Waals surface area contributed by atoms with E-state index in [9.17, 15) is 0 Å². The lowest BCUT2D eigenvalue weighted by Gasteiger charge is -2.14. The third-order valence-corrected chi connectivity index (χ3v) is 3.76. The molecule has 0 aliphatic carbocycles. The highest BCUT2D eigenvalue weighted by Gasteiger charge is 2.21. The van der Waals surface area contributed by atoms with Gasteiger partial charge in [-0.05, 0) is 18.8 Å². The molecule has 0 saturated heterocycles. The highest BCUT2D eigenvalue weighted by atomic mass is 32.2. The molecule has 1 N–H and O–H groups in total. The summed E-state index contributed by atoms with van der Waals surface area (Å²) in [7, 11) is 0. The predicted octanol–water partition coefficient (Wildman–Crippen LogP) is 2.89. The van der Waals surface area contributed by atoms with Gasteiger partial charge in [0.25, 0.3) is 0 Å². The van der Waals surface area contributed by atoms with Crippen LogP contribution in [0, 0.1) is 5.92 Å². The van der Waals surface area contributed by atoms with Gasteiger partial charge in [0.1, 0.15) is 0 Å². The van der Waals surface area contributed by atoms with Crippen molar-refractivity contribution in [2.24, 2.45) is 10.9 Å². The second-order valence-electron chi connectivity index (χ2n) is 4.21. The molecule has 0 amide bonds. The van der Waals surface area contributed by atoms with Gasteiger partial charge in [-0.25, -0.2) is 0 Å². The molecule has 2 nitrogen and oxygen atoms in total. The van der Waals surface area contributed by atoms with E-state index < -0.39 is 0 Å². The summed E-state index contributed by atoms with van der Waals surface area (Å²) in [6.45, 7) is 8.94. The topological polar surface area (TPSA) is 24.4 Å². The molecule has 82 valence electrons. The van der Waals surface area contributed by atoms with Crippen molar-refractivity contribution >= 4 is 16.9 Å². The zero-order valence-electron chi connectivity index (χ0n) is 9.71. The Balaban J connectivity index is 2.42. The second kappa shape index (κ2) is 5.64. The molecule has 0 bridgehead atoms. The molecular weight excluding hydrogens is 192 g/mol. The highest BCUT2D eigenvalue weighted by molar-refractivity contribution is 8.14. The van der Waals surface area contributed by atoms with E-state index in [0.29, 0.717) is 18.0 Å². The molecule has 0 saturated carbocycles. The fourth-order valence-corrected chi connectivity index (χ4v) is 2.73. The number of rotatable bonds is 4. The summed E-state index contributed by atoms with van der Waals surface area (Å²) in [6, 6.07) is 1.13. The van der Waals surface area contributed by atoms with Crippen LogP contribution >= 0.6 is 11.8 Å². The van der Waals surface area contributed by atoms with Gasteiger partial charge in [-0.15, -0.1) is 0 Å². The van der Waals surface area contributed by atoms with Crippen LogP contribution in [0.4, 0.5) is 0 Å². The molecule has 1 rings (SSSR count). The minimum absolute atomic E-state index is 0.525. The lowest BCUT2D eigenvalue weighted by Crippen LogP contribution is -2.31. The van der Waals surface area contributed by atoms with Gasteiger partial charge in [0.15, 0.2) is 5.17 Å². The van der Waals surface area contributed by atoms with Crippen LogP contribution in [0.15, 0.2) is 4.99 Å². The Labute approximate surface area is 92.0 Å². The summed E-state index contributed by atoms with van der Waals surface area (Å²) < 4.78 is 0. The fraction of sp³-hybridized carbons (Fsp3) is 0.909. The third kappa shape index (κ3) is 3.19. The van der Waals surface area contributed by atoms with Gasteiger partial charge < -0.3 is 5.32 Å². The Morgan fingerprint density at radius 2 is 2.07 bits per heavy atom. The molecule has 1 heterocycles. The molecule has 0 radical (unpaired) electrons. The Kier molecular flexibility index (Phi) is 4.79. The smallest absolute Gasteiger partial charge is 0.157 e. The molecule has 0 spiro atoms. The number of thioether (sulfide) groups is 1. The number of nitrogens with zero attached hydrogens (tertiary/aromatic N) is 1. The standard InChI is InChI=1S/C11H22N2S/c1-5-9(6-2)12-11-13-10(7-14-11)8(3)4/h8-10H,5-7H2,1-4H3,(H,12,13). The second-order valence-corrected chi connectivity index (χ2v) is 5.22. The summed E-state index contributed by atoms with van der Waals surface area (Å²) in [5.74, 6) is 1.82. The monoisotopic (exact) mass is 214 g/mol. The highest BCUT2D eigenvalue weighted by Crippen LogP contribution is 2.22. The van der Waals surface area contributed by atoms with E-state index in [0.717, 1.165) is 10.9 Å².